The van der Waals surface area contributed by atoms with Gasteiger partial charge in [-0.25, -0.2) is 0 Å². The SMILES string of the molecule is CC(C)(C)c1ccc(-n2c(-c3ccccc3Cl)n[nH]c2=S)cc1. The number of nitrogens with zero attached hydrogens (tertiary/aromatic N) is 2. The van der Waals surface area contributed by atoms with Crippen LogP contribution in [0.25, 0.3) is 17.1 Å². The van der Waals surface area contributed by atoms with Gasteiger partial charge in [0, 0.05) is 11.3 Å². The van der Waals surface area contributed by atoms with Gasteiger partial charge in [-0.05, 0) is 47.5 Å². The van der Waals surface area contributed by atoms with Gasteiger partial charge in [-0.2, -0.15) is 5.10 Å². The van der Waals surface area contributed by atoms with Crippen LogP contribution in [-0.4, -0.2) is 14.8 Å². The Morgan fingerprint density at radius 1 is 1.04 bits per heavy atom. The predicted octanol–water partition coefficient (Wildman–Crippen LogP) is 5.55. The summed E-state index contributed by atoms with van der Waals surface area (Å²) in [5, 5.41) is 7.87. The van der Waals surface area contributed by atoms with Crippen molar-refractivity contribution in [2.75, 3.05) is 0 Å². The van der Waals surface area contributed by atoms with Crippen molar-refractivity contribution in [3.63, 3.8) is 0 Å². The molecule has 2 aromatic carbocycles. The van der Waals surface area contributed by atoms with E-state index in [0.29, 0.717) is 15.6 Å². The highest BCUT2D eigenvalue weighted by molar-refractivity contribution is 7.71. The molecule has 0 saturated carbocycles. The van der Waals surface area contributed by atoms with Gasteiger partial charge in [-0.3, -0.25) is 9.67 Å². The summed E-state index contributed by atoms with van der Waals surface area (Å²) in [6.07, 6.45) is 0. The molecule has 5 heteroatoms. The van der Waals surface area contributed by atoms with Crippen molar-refractivity contribution in [2.24, 2.45) is 0 Å². The first-order valence-electron chi connectivity index (χ1n) is 7.41. The minimum absolute atomic E-state index is 0.113. The molecule has 23 heavy (non-hydrogen) atoms. The van der Waals surface area contributed by atoms with E-state index in [2.05, 4.69) is 55.2 Å². The topological polar surface area (TPSA) is 33.6 Å². The zero-order valence-electron chi connectivity index (χ0n) is 13.3. The fraction of sp³-hybridized carbons (Fsp3) is 0.222. The van der Waals surface area contributed by atoms with E-state index in [1.54, 1.807) is 0 Å². The van der Waals surface area contributed by atoms with Crippen molar-refractivity contribution >= 4 is 23.8 Å². The first kappa shape index (κ1) is 16.0. The van der Waals surface area contributed by atoms with Crippen molar-refractivity contribution in [1.82, 2.24) is 14.8 Å². The van der Waals surface area contributed by atoms with Crippen molar-refractivity contribution in [3.05, 3.63) is 63.9 Å². The third kappa shape index (κ3) is 3.09. The number of nitrogens with one attached hydrogen (secondary N) is 1. The van der Waals surface area contributed by atoms with Crippen molar-refractivity contribution in [2.45, 2.75) is 26.2 Å². The lowest BCUT2D eigenvalue weighted by atomic mass is 9.87. The highest BCUT2D eigenvalue weighted by Crippen LogP contribution is 2.29. The predicted molar refractivity (Wildman–Crippen MR) is 97.9 cm³/mol. The van der Waals surface area contributed by atoms with Crippen LogP contribution in [0.2, 0.25) is 5.02 Å². The molecule has 1 N–H and O–H groups in total. The smallest absolute Gasteiger partial charge is 0.200 e. The standard InChI is InChI=1S/C18H18ClN3S/c1-18(2,3)12-8-10-13(11-9-12)22-16(20-21-17(22)23)14-6-4-5-7-15(14)19/h4-11H,1-3H3,(H,21,23). The second-order valence-corrected chi connectivity index (χ2v) is 7.26. The molecular formula is C18H18ClN3S. The summed E-state index contributed by atoms with van der Waals surface area (Å²) in [6.45, 7) is 6.59. The molecule has 0 aliphatic carbocycles. The lowest BCUT2D eigenvalue weighted by Gasteiger charge is -2.19. The molecule has 3 aromatic rings. The van der Waals surface area contributed by atoms with Gasteiger partial charge in [0.25, 0.3) is 0 Å². The Morgan fingerprint density at radius 2 is 1.70 bits per heavy atom. The minimum Gasteiger partial charge on any atom is -0.268 e. The van der Waals surface area contributed by atoms with E-state index in [1.165, 1.54) is 5.56 Å². The normalized spacial score (nSPS) is 11.7. The van der Waals surface area contributed by atoms with Crippen LogP contribution in [0.1, 0.15) is 26.3 Å². The van der Waals surface area contributed by atoms with E-state index >= 15 is 0 Å². The van der Waals surface area contributed by atoms with Crippen LogP contribution in [-0.2, 0) is 5.41 Å². The Kier molecular flexibility index (Phi) is 4.13. The van der Waals surface area contributed by atoms with Crippen LogP contribution in [0.4, 0.5) is 0 Å². The van der Waals surface area contributed by atoms with Crippen molar-refractivity contribution in [1.29, 1.82) is 0 Å². The molecule has 0 amide bonds. The fourth-order valence-electron chi connectivity index (χ4n) is 2.47. The Hall–Kier alpha value is -1.91. The maximum absolute atomic E-state index is 6.31. The van der Waals surface area contributed by atoms with Gasteiger partial charge in [-0.15, -0.1) is 0 Å². The molecule has 0 spiro atoms. The Morgan fingerprint density at radius 3 is 2.30 bits per heavy atom. The number of hydrogen-bond acceptors (Lipinski definition) is 2. The number of aromatic amines is 1. The second-order valence-electron chi connectivity index (χ2n) is 6.46. The highest BCUT2D eigenvalue weighted by Gasteiger charge is 2.16. The van der Waals surface area contributed by atoms with Gasteiger partial charge in [-0.1, -0.05) is 56.6 Å². The van der Waals surface area contributed by atoms with E-state index < -0.39 is 0 Å². The maximum atomic E-state index is 6.31. The molecular weight excluding hydrogens is 326 g/mol. The molecule has 0 bridgehead atoms. The van der Waals surface area contributed by atoms with Gasteiger partial charge in [0.2, 0.25) is 0 Å². The molecule has 118 valence electrons. The molecule has 0 unspecified atom stereocenters. The quantitative estimate of drug-likeness (QED) is 0.619. The van der Waals surface area contributed by atoms with Gasteiger partial charge in [0.1, 0.15) is 0 Å². The molecule has 1 aromatic heterocycles. The van der Waals surface area contributed by atoms with Crippen LogP contribution < -0.4 is 0 Å². The van der Waals surface area contributed by atoms with Crippen LogP contribution in [0.15, 0.2) is 48.5 Å². The minimum atomic E-state index is 0.113. The molecule has 0 radical (unpaired) electrons. The van der Waals surface area contributed by atoms with E-state index in [-0.39, 0.29) is 5.41 Å². The van der Waals surface area contributed by atoms with Crippen LogP contribution in [0.3, 0.4) is 0 Å². The molecule has 3 rings (SSSR count). The van der Waals surface area contributed by atoms with Crippen LogP contribution >= 0.6 is 23.8 Å². The Balaban J connectivity index is 2.13. The average Bonchev–Trinajstić information content (AvgIpc) is 2.88. The zero-order chi connectivity index (χ0) is 16.6. The van der Waals surface area contributed by atoms with Gasteiger partial charge >= 0.3 is 0 Å². The van der Waals surface area contributed by atoms with E-state index in [4.69, 9.17) is 23.8 Å². The summed E-state index contributed by atoms with van der Waals surface area (Å²) in [7, 11) is 0. The Bertz CT molecular complexity index is 886. The Labute approximate surface area is 145 Å². The number of H-pyrrole nitrogens is 1. The highest BCUT2D eigenvalue weighted by atomic mass is 35.5. The monoisotopic (exact) mass is 343 g/mol. The summed E-state index contributed by atoms with van der Waals surface area (Å²) >= 11 is 11.7. The fourth-order valence-corrected chi connectivity index (χ4v) is 2.93. The van der Waals surface area contributed by atoms with E-state index in [1.807, 2.05) is 28.8 Å². The lowest BCUT2D eigenvalue weighted by Crippen LogP contribution is -2.11. The average molecular weight is 344 g/mol. The first-order chi connectivity index (χ1) is 10.9. The van der Waals surface area contributed by atoms with Gasteiger partial charge < -0.3 is 0 Å². The number of benzene rings is 2. The van der Waals surface area contributed by atoms with Gasteiger partial charge in [0.05, 0.1) is 5.02 Å². The molecule has 0 aliphatic rings. The van der Waals surface area contributed by atoms with Crippen LogP contribution in [0, 0.1) is 4.77 Å². The molecule has 0 aliphatic heterocycles. The molecule has 1 heterocycles. The largest absolute Gasteiger partial charge is 0.268 e. The van der Waals surface area contributed by atoms with Crippen molar-refractivity contribution < 1.29 is 0 Å². The molecule has 0 fully saturated rings. The number of hydrogen-bond donors (Lipinski definition) is 1. The lowest BCUT2D eigenvalue weighted by molar-refractivity contribution is 0.590. The third-order valence-corrected chi connectivity index (χ3v) is 4.38. The number of rotatable bonds is 2. The van der Waals surface area contributed by atoms with E-state index in [0.717, 1.165) is 11.3 Å². The summed E-state index contributed by atoms with van der Waals surface area (Å²) < 4.78 is 2.45. The first-order valence-corrected chi connectivity index (χ1v) is 8.20. The number of aromatic nitrogens is 3. The van der Waals surface area contributed by atoms with Gasteiger partial charge in [0.15, 0.2) is 10.6 Å². The second kappa shape index (κ2) is 5.95. The summed E-state index contributed by atoms with van der Waals surface area (Å²) in [6, 6.07) is 16.0. The summed E-state index contributed by atoms with van der Waals surface area (Å²) in [4.78, 5) is 0. The number of halogens is 1. The van der Waals surface area contributed by atoms with E-state index in [9.17, 15) is 0 Å². The summed E-state index contributed by atoms with van der Waals surface area (Å²) in [5.41, 5.74) is 3.20. The molecule has 3 nitrogen and oxygen atoms in total. The zero-order valence-corrected chi connectivity index (χ0v) is 14.9. The van der Waals surface area contributed by atoms with Crippen molar-refractivity contribution in [3.8, 4) is 17.1 Å². The molecule has 0 saturated heterocycles. The van der Waals surface area contributed by atoms with Crippen LogP contribution in [0.5, 0.6) is 0 Å². The molecule has 0 atom stereocenters. The summed E-state index contributed by atoms with van der Waals surface area (Å²) in [5.74, 6) is 0.712. The maximum Gasteiger partial charge on any atom is 0.200 e. The third-order valence-electron chi connectivity index (χ3n) is 3.78.